The van der Waals surface area contributed by atoms with Crippen molar-refractivity contribution in [2.45, 2.75) is 6.54 Å². The first-order valence-electron chi connectivity index (χ1n) is 8.81. The number of methoxy groups -OCH3 is 1. The van der Waals surface area contributed by atoms with Crippen LogP contribution in [0.5, 0.6) is 0 Å². The molecule has 0 bridgehead atoms. The van der Waals surface area contributed by atoms with Gasteiger partial charge >= 0.3 is 5.97 Å². The molecule has 1 heterocycles. The van der Waals surface area contributed by atoms with Crippen LogP contribution in [-0.4, -0.2) is 30.6 Å². The first-order chi connectivity index (χ1) is 13.9. The second-order valence-electron chi connectivity index (χ2n) is 6.39. The predicted octanol–water partition coefficient (Wildman–Crippen LogP) is 3.61. The average molecular weight is 411 g/mol. The van der Waals surface area contributed by atoms with Crippen molar-refractivity contribution < 1.29 is 14.3 Å². The molecule has 0 fully saturated rings. The lowest BCUT2D eigenvalue weighted by atomic mass is 10.1. The molecule has 1 aromatic heterocycles. The van der Waals surface area contributed by atoms with Crippen molar-refractivity contribution in [1.29, 1.82) is 0 Å². The lowest BCUT2D eigenvalue weighted by molar-refractivity contribution is 0.0601. The summed E-state index contributed by atoms with van der Waals surface area (Å²) < 4.78 is 6.23. The standard InChI is InChI=1S/C22H19ClN2O4/c1-24(19-9-4-3-8-18(19)22(28)29-2)21(27)16-10-11-20(26)25(14-16)13-15-6-5-7-17(23)12-15/h3-12,14H,13H2,1-2H3. The van der Waals surface area contributed by atoms with Gasteiger partial charge in [0, 0.05) is 24.3 Å². The molecule has 3 rings (SSSR count). The lowest BCUT2D eigenvalue weighted by Crippen LogP contribution is -2.30. The fraction of sp³-hybridized carbons (Fsp3) is 0.136. The van der Waals surface area contributed by atoms with Crippen LogP contribution in [0.1, 0.15) is 26.3 Å². The molecule has 7 heteroatoms. The Bertz CT molecular complexity index is 1120. The molecule has 29 heavy (non-hydrogen) atoms. The highest BCUT2D eigenvalue weighted by molar-refractivity contribution is 6.30. The van der Waals surface area contributed by atoms with Gasteiger partial charge in [-0.3, -0.25) is 9.59 Å². The van der Waals surface area contributed by atoms with Gasteiger partial charge < -0.3 is 14.2 Å². The zero-order valence-corrected chi connectivity index (χ0v) is 16.7. The molecule has 2 aromatic carbocycles. The number of rotatable bonds is 5. The van der Waals surface area contributed by atoms with E-state index in [1.165, 1.54) is 34.9 Å². The van der Waals surface area contributed by atoms with E-state index in [4.69, 9.17) is 16.3 Å². The van der Waals surface area contributed by atoms with Crippen molar-refractivity contribution in [1.82, 2.24) is 4.57 Å². The molecule has 0 unspecified atom stereocenters. The minimum Gasteiger partial charge on any atom is -0.465 e. The van der Waals surface area contributed by atoms with E-state index in [9.17, 15) is 14.4 Å². The number of pyridine rings is 1. The van der Waals surface area contributed by atoms with Gasteiger partial charge in [-0.2, -0.15) is 0 Å². The van der Waals surface area contributed by atoms with Gasteiger partial charge in [0.1, 0.15) is 0 Å². The van der Waals surface area contributed by atoms with E-state index in [1.54, 1.807) is 49.5 Å². The Balaban J connectivity index is 1.92. The number of halogens is 1. The zero-order valence-electron chi connectivity index (χ0n) is 16.0. The number of carbonyl (C=O) groups excluding carboxylic acids is 2. The van der Waals surface area contributed by atoms with Crippen LogP contribution >= 0.6 is 11.6 Å². The molecule has 0 N–H and O–H groups in total. The molecule has 0 radical (unpaired) electrons. The van der Waals surface area contributed by atoms with Crippen molar-refractivity contribution in [2.24, 2.45) is 0 Å². The molecule has 6 nitrogen and oxygen atoms in total. The largest absolute Gasteiger partial charge is 0.465 e. The number of amides is 1. The highest BCUT2D eigenvalue weighted by Gasteiger charge is 2.20. The summed E-state index contributed by atoms with van der Waals surface area (Å²) in [6.07, 6.45) is 1.50. The van der Waals surface area contributed by atoms with Crippen molar-refractivity contribution in [3.63, 3.8) is 0 Å². The minimum absolute atomic E-state index is 0.237. The minimum atomic E-state index is -0.536. The number of hydrogen-bond acceptors (Lipinski definition) is 4. The van der Waals surface area contributed by atoms with E-state index >= 15 is 0 Å². The van der Waals surface area contributed by atoms with Crippen LogP contribution in [0.25, 0.3) is 0 Å². The van der Waals surface area contributed by atoms with Crippen LogP contribution in [0.4, 0.5) is 5.69 Å². The van der Waals surface area contributed by atoms with Crippen molar-refractivity contribution in [3.8, 4) is 0 Å². The van der Waals surface area contributed by atoms with Crippen molar-refractivity contribution >= 4 is 29.2 Å². The van der Waals surface area contributed by atoms with E-state index in [1.807, 2.05) is 6.07 Å². The number of nitrogens with zero attached hydrogens (tertiary/aromatic N) is 2. The number of aromatic nitrogens is 1. The first kappa shape index (κ1) is 20.4. The third-order valence-corrected chi connectivity index (χ3v) is 4.68. The Morgan fingerprint density at radius 2 is 1.83 bits per heavy atom. The van der Waals surface area contributed by atoms with Crippen LogP contribution in [0.2, 0.25) is 5.02 Å². The van der Waals surface area contributed by atoms with Gasteiger partial charge in [0.15, 0.2) is 0 Å². The number of carbonyl (C=O) groups is 2. The fourth-order valence-electron chi connectivity index (χ4n) is 2.97. The summed E-state index contributed by atoms with van der Waals surface area (Å²) in [4.78, 5) is 38.6. The maximum atomic E-state index is 13.0. The number of para-hydroxylation sites is 1. The summed E-state index contributed by atoms with van der Waals surface area (Å²) >= 11 is 6.01. The molecule has 0 spiro atoms. The Labute approximate surface area is 172 Å². The molecular formula is C22H19ClN2O4. The number of anilines is 1. The summed E-state index contributed by atoms with van der Waals surface area (Å²) in [6, 6.07) is 16.7. The van der Waals surface area contributed by atoms with Gasteiger partial charge in [0.2, 0.25) is 0 Å². The fourth-order valence-corrected chi connectivity index (χ4v) is 3.18. The number of benzene rings is 2. The Hall–Kier alpha value is -3.38. The van der Waals surface area contributed by atoms with E-state index in [0.717, 1.165) is 5.56 Å². The van der Waals surface area contributed by atoms with E-state index in [-0.39, 0.29) is 23.6 Å². The quantitative estimate of drug-likeness (QED) is 0.602. The maximum absolute atomic E-state index is 13.0. The molecule has 0 aliphatic carbocycles. The first-order valence-corrected chi connectivity index (χ1v) is 9.19. The molecular weight excluding hydrogens is 392 g/mol. The van der Waals surface area contributed by atoms with E-state index in [2.05, 4.69) is 0 Å². The number of hydrogen-bond donors (Lipinski definition) is 0. The highest BCUT2D eigenvalue weighted by Crippen LogP contribution is 2.22. The third-order valence-electron chi connectivity index (χ3n) is 4.45. The monoisotopic (exact) mass is 410 g/mol. The molecule has 0 aliphatic heterocycles. The summed E-state index contributed by atoms with van der Waals surface area (Å²) in [7, 11) is 2.85. The Kier molecular flexibility index (Phi) is 6.14. The van der Waals surface area contributed by atoms with Gasteiger partial charge in [-0.05, 0) is 35.9 Å². The summed E-state index contributed by atoms with van der Waals surface area (Å²) in [5.41, 5.74) is 1.61. The molecule has 148 valence electrons. The lowest BCUT2D eigenvalue weighted by Gasteiger charge is -2.20. The van der Waals surface area contributed by atoms with Gasteiger partial charge in [-0.25, -0.2) is 4.79 Å². The van der Waals surface area contributed by atoms with Gasteiger partial charge in [-0.15, -0.1) is 0 Å². The molecule has 0 atom stereocenters. The smallest absolute Gasteiger partial charge is 0.339 e. The maximum Gasteiger partial charge on any atom is 0.339 e. The second kappa shape index (κ2) is 8.75. The second-order valence-corrected chi connectivity index (χ2v) is 6.82. The highest BCUT2D eigenvalue weighted by atomic mass is 35.5. The van der Waals surface area contributed by atoms with Gasteiger partial charge in [-0.1, -0.05) is 35.9 Å². The topological polar surface area (TPSA) is 68.6 Å². The summed E-state index contributed by atoms with van der Waals surface area (Å²) in [6.45, 7) is 0.281. The molecule has 0 aliphatic rings. The molecule has 0 saturated heterocycles. The molecule has 0 saturated carbocycles. The Morgan fingerprint density at radius 1 is 1.07 bits per heavy atom. The van der Waals surface area contributed by atoms with Crippen LogP contribution in [0, 0.1) is 0 Å². The summed E-state index contributed by atoms with van der Waals surface area (Å²) in [5.74, 6) is -0.896. The van der Waals surface area contributed by atoms with Crippen molar-refractivity contribution in [3.05, 3.63) is 98.9 Å². The number of ether oxygens (including phenoxy) is 1. The zero-order chi connectivity index (χ0) is 21.0. The van der Waals surface area contributed by atoms with Crippen LogP contribution in [-0.2, 0) is 11.3 Å². The third kappa shape index (κ3) is 4.55. The predicted molar refractivity (Wildman–Crippen MR) is 112 cm³/mol. The SMILES string of the molecule is COC(=O)c1ccccc1N(C)C(=O)c1ccc(=O)n(Cc2cccc(Cl)c2)c1. The van der Waals surface area contributed by atoms with Crippen LogP contribution < -0.4 is 10.5 Å². The summed E-state index contributed by atoms with van der Waals surface area (Å²) in [5, 5.41) is 0.571. The molecule has 3 aromatic rings. The van der Waals surface area contributed by atoms with E-state index in [0.29, 0.717) is 16.3 Å². The van der Waals surface area contributed by atoms with Crippen LogP contribution in [0.15, 0.2) is 71.7 Å². The number of esters is 1. The van der Waals surface area contributed by atoms with E-state index < -0.39 is 5.97 Å². The van der Waals surface area contributed by atoms with Crippen molar-refractivity contribution in [2.75, 3.05) is 19.1 Å². The Morgan fingerprint density at radius 3 is 2.55 bits per heavy atom. The normalized spacial score (nSPS) is 10.4. The molecule has 1 amide bonds. The van der Waals surface area contributed by atoms with Gasteiger partial charge in [0.25, 0.3) is 11.5 Å². The van der Waals surface area contributed by atoms with Crippen LogP contribution in [0.3, 0.4) is 0 Å². The average Bonchev–Trinajstić information content (AvgIpc) is 2.73. The van der Waals surface area contributed by atoms with Gasteiger partial charge in [0.05, 0.1) is 30.5 Å².